The third-order valence-electron chi connectivity index (χ3n) is 3.37. The van der Waals surface area contributed by atoms with E-state index in [0.29, 0.717) is 34.6 Å². The predicted octanol–water partition coefficient (Wildman–Crippen LogP) is 1.13. The highest BCUT2D eigenvalue weighted by molar-refractivity contribution is 5.93. The summed E-state index contributed by atoms with van der Waals surface area (Å²) >= 11 is 0. The van der Waals surface area contributed by atoms with Crippen LogP contribution < -0.4 is 5.32 Å². The van der Waals surface area contributed by atoms with Crippen molar-refractivity contribution in [3.8, 4) is 6.07 Å². The van der Waals surface area contributed by atoms with Gasteiger partial charge in [0.25, 0.3) is 0 Å². The van der Waals surface area contributed by atoms with E-state index in [0.717, 1.165) is 0 Å². The molecule has 2 aromatic heterocycles. The Balaban J connectivity index is 2.11. The van der Waals surface area contributed by atoms with E-state index in [4.69, 9.17) is 10.4 Å². The van der Waals surface area contributed by atoms with Crippen molar-refractivity contribution in [2.24, 2.45) is 0 Å². The maximum Gasteiger partial charge on any atom is 0.337 e. The largest absolute Gasteiger partial charge is 0.478 e. The Morgan fingerprint density at radius 2 is 2.05 bits per heavy atom. The van der Waals surface area contributed by atoms with Gasteiger partial charge in [0, 0.05) is 30.1 Å². The number of carboxylic acid groups (broad SMARTS) is 1. The van der Waals surface area contributed by atoms with Crippen LogP contribution >= 0.6 is 0 Å². The quantitative estimate of drug-likeness (QED) is 0.814. The van der Waals surface area contributed by atoms with Gasteiger partial charge in [-0.05, 0) is 17.7 Å². The molecule has 0 saturated carbocycles. The highest BCUT2D eigenvalue weighted by Gasteiger charge is 2.19. The lowest BCUT2D eigenvalue weighted by Crippen LogP contribution is -2.21. The number of amides is 1. The number of nitrogens with zero attached hydrogens (tertiary/aromatic N) is 3. The monoisotopic (exact) mass is 294 g/mol. The molecule has 0 unspecified atom stereocenters. The van der Waals surface area contributed by atoms with Crippen molar-refractivity contribution in [3.63, 3.8) is 0 Å². The number of carbonyl (C=O) groups is 2. The summed E-state index contributed by atoms with van der Waals surface area (Å²) < 4.78 is 0. The van der Waals surface area contributed by atoms with Gasteiger partial charge < -0.3 is 10.4 Å². The minimum Gasteiger partial charge on any atom is -0.478 e. The molecule has 3 heterocycles. The Kier molecular flexibility index (Phi) is 3.27. The van der Waals surface area contributed by atoms with E-state index in [9.17, 15) is 9.59 Å². The minimum absolute atomic E-state index is 0.0323. The summed E-state index contributed by atoms with van der Waals surface area (Å²) in [6.07, 6.45) is 3.06. The fourth-order valence-corrected chi connectivity index (χ4v) is 2.32. The first-order valence-corrected chi connectivity index (χ1v) is 6.47. The molecule has 0 spiro atoms. The number of hydrogen-bond acceptors (Lipinski definition) is 5. The first kappa shape index (κ1) is 13.7. The van der Waals surface area contributed by atoms with Gasteiger partial charge in [0.05, 0.1) is 17.5 Å². The summed E-state index contributed by atoms with van der Waals surface area (Å²) in [7, 11) is 0. The molecule has 1 aliphatic rings. The molecule has 0 saturated heterocycles. The Labute approximate surface area is 125 Å². The fourth-order valence-electron chi connectivity index (χ4n) is 2.32. The van der Waals surface area contributed by atoms with E-state index >= 15 is 0 Å². The van der Waals surface area contributed by atoms with Crippen LogP contribution in [0.15, 0.2) is 24.5 Å². The van der Waals surface area contributed by atoms with Crippen molar-refractivity contribution in [2.75, 3.05) is 5.32 Å². The lowest BCUT2D eigenvalue weighted by molar-refractivity contribution is -0.115. The molecule has 108 valence electrons. The molecule has 2 aromatic rings. The Morgan fingerprint density at radius 3 is 2.77 bits per heavy atom. The zero-order valence-corrected chi connectivity index (χ0v) is 11.3. The SMILES string of the molecule is N#Cc1cnc2c(c1)Cc1ncc(C(=O)O)cc1CC(=O)N2. The molecule has 3 rings (SSSR count). The van der Waals surface area contributed by atoms with Gasteiger partial charge in [-0.1, -0.05) is 0 Å². The molecule has 0 bridgehead atoms. The number of anilines is 1. The normalized spacial score (nSPS) is 13.0. The van der Waals surface area contributed by atoms with Crippen LogP contribution in [0.3, 0.4) is 0 Å². The summed E-state index contributed by atoms with van der Waals surface area (Å²) in [5.74, 6) is -0.992. The number of nitriles is 1. The van der Waals surface area contributed by atoms with Gasteiger partial charge in [0.1, 0.15) is 11.9 Å². The van der Waals surface area contributed by atoms with Crippen molar-refractivity contribution in [2.45, 2.75) is 12.8 Å². The second-order valence-corrected chi connectivity index (χ2v) is 4.88. The summed E-state index contributed by atoms with van der Waals surface area (Å²) in [5.41, 5.74) is 2.26. The van der Waals surface area contributed by atoms with Crippen LogP contribution in [-0.4, -0.2) is 27.0 Å². The number of pyridine rings is 2. The number of carbonyl (C=O) groups excluding carboxylic acids is 1. The first-order chi connectivity index (χ1) is 10.6. The molecule has 0 aliphatic carbocycles. The van der Waals surface area contributed by atoms with Crippen molar-refractivity contribution < 1.29 is 14.7 Å². The van der Waals surface area contributed by atoms with Gasteiger partial charge in [-0.3, -0.25) is 9.78 Å². The minimum atomic E-state index is -1.09. The van der Waals surface area contributed by atoms with Crippen LogP contribution in [0.4, 0.5) is 5.82 Å². The standard InChI is InChI=1S/C15H10N4O3/c16-5-8-1-10-3-12-9(2-11(7-17-12)15(21)22)4-13(20)19-14(10)18-6-8/h1-2,6-7H,3-4H2,(H,21,22)(H,18,19,20). The highest BCUT2D eigenvalue weighted by atomic mass is 16.4. The molecule has 0 radical (unpaired) electrons. The lowest BCUT2D eigenvalue weighted by atomic mass is 9.99. The number of nitrogens with one attached hydrogen (secondary N) is 1. The van der Waals surface area contributed by atoms with Crippen molar-refractivity contribution in [1.82, 2.24) is 9.97 Å². The number of fused-ring (bicyclic) bond motifs is 2. The van der Waals surface area contributed by atoms with Gasteiger partial charge in [0.2, 0.25) is 5.91 Å². The molecule has 1 aliphatic heterocycles. The van der Waals surface area contributed by atoms with E-state index in [1.807, 2.05) is 6.07 Å². The molecule has 22 heavy (non-hydrogen) atoms. The summed E-state index contributed by atoms with van der Waals surface area (Å²) in [6, 6.07) is 5.10. The topological polar surface area (TPSA) is 116 Å². The molecule has 0 fully saturated rings. The van der Waals surface area contributed by atoms with E-state index < -0.39 is 5.97 Å². The van der Waals surface area contributed by atoms with Crippen molar-refractivity contribution >= 4 is 17.7 Å². The van der Waals surface area contributed by atoms with E-state index in [1.54, 1.807) is 6.07 Å². The van der Waals surface area contributed by atoms with Gasteiger partial charge in [-0.15, -0.1) is 0 Å². The number of aromatic nitrogens is 2. The van der Waals surface area contributed by atoms with Crippen molar-refractivity contribution in [3.05, 3.63) is 52.5 Å². The molecular formula is C15H10N4O3. The maximum absolute atomic E-state index is 12.0. The zero-order chi connectivity index (χ0) is 15.7. The number of carboxylic acids is 1. The summed E-state index contributed by atoms with van der Waals surface area (Å²) in [5, 5.41) is 20.6. The average molecular weight is 294 g/mol. The Bertz CT molecular complexity index is 839. The maximum atomic E-state index is 12.0. The third kappa shape index (κ3) is 2.50. The molecule has 7 heteroatoms. The van der Waals surface area contributed by atoms with Gasteiger partial charge in [0.15, 0.2) is 0 Å². The Hall–Kier alpha value is -3.27. The van der Waals surface area contributed by atoms with Crippen LogP contribution in [0, 0.1) is 11.3 Å². The van der Waals surface area contributed by atoms with Crippen LogP contribution in [0.25, 0.3) is 0 Å². The van der Waals surface area contributed by atoms with Gasteiger partial charge in [-0.25, -0.2) is 9.78 Å². The average Bonchev–Trinajstić information content (AvgIpc) is 2.48. The molecule has 2 N–H and O–H groups in total. The molecular weight excluding hydrogens is 284 g/mol. The number of aromatic carboxylic acids is 1. The molecule has 0 aromatic carbocycles. The van der Waals surface area contributed by atoms with E-state index in [2.05, 4.69) is 15.3 Å². The van der Waals surface area contributed by atoms with Gasteiger partial charge >= 0.3 is 5.97 Å². The van der Waals surface area contributed by atoms with Crippen molar-refractivity contribution in [1.29, 1.82) is 5.26 Å². The summed E-state index contributed by atoms with van der Waals surface area (Å²) in [6.45, 7) is 0. The summed E-state index contributed by atoms with van der Waals surface area (Å²) in [4.78, 5) is 31.3. The van der Waals surface area contributed by atoms with Crippen LogP contribution in [0.1, 0.15) is 32.7 Å². The van der Waals surface area contributed by atoms with Crippen LogP contribution in [0.5, 0.6) is 0 Å². The number of rotatable bonds is 1. The molecule has 7 nitrogen and oxygen atoms in total. The zero-order valence-electron chi connectivity index (χ0n) is 11.3. The second-order valence-electron chi connectivity index (χ2n) is 4.88. The second kappa shape index (κ2) is 5.26. The predicted molar refractivity (Wildman–Crippen MR) is 75.3 cm³/mol. The number of hydrogen-bond donors (Lipinski definition) is 2. The van der Waals surface area contributed by atoms with Gasteiger partial charge in [-0.2, -0.15) is 5.26 Å². The van der Waals surface area contributed by atoms with E-state index in [1.165, 1.54) is 18.5 Å². The lowest BCUT2D eigenvalue weighted by Gasteiger charge is -2.16. The van der Waals surface area contributed by atoms with E-state index in [-0.39, 0.29) is 17.9 Å². The molecule has 0 atom stereocenters. The Morgan fingerprint density at radius 1 is 1.23 bits per heavy atom. The van der Waals surface area contributed by atoms with Crippen LogP contribution in [0.2, 0.25) is 0 Å². The smallest absolute Gasteiger partial charge is 0.337 e. The fraction of sp³-hybridized carbons (Fsp3) is 0.133. The van der Waals surface area contributed by atoms with Crippen LogP contribution in [-0.2, 0) is 17.6 Å². The third-order valence-corrected chi connectivity index (χ3v) is 3.37. The first-order valence-electron chi connectivity index (χ1n) is 6.47. The highest BCUT2D eigenvalue weighted by Crippen LogP contribution is 2.23. The molecule has 1 amide bonds.